The van der Waals surface area contributed by atoms with Gasteiger partial charge in [0.25, 0.3) is 0 Å². The summed E-state index contributed by atoms with van der Waals surface area (Å²) in [6, 6.07) is 6.78. The van der Waals surface area contributed by atoms with E-state index in [1.807, 2.05) is 19.9 Å². The van der Waals surface area contributed by atoms with Gasteiger partial charge in [-0.1, -0.05) is 17.2 Å². The van der Waals surface area contributed by atoms with Gasteiger partial charge in [0.15, 0.2) is 0 Å². The molecule has 0 atom stereocenters. The lowest BCUT2D eigenvalue weighted by molar-refractivity contribution is -0.144. The third-order valence-corrected chi connectivity index (χ3v) is 2.52. The Morgan fingerprint density at radius 3 is 2.05 bits per heavy atom. The molecule has 0 aliphatic rings. The first-order chi connectivity index (χ1) is 8.75. The van der Waals surface area contributed by atoms with Crippen LogP contribution in [0.4, 0.5) is 19.0 Å². The van der Waals surface area contributed by atoms with Crippen molar-refractivity contribution in [2.75, 3.05) is 5.73 Å². The van der Waals surface area contributed by atoms with E-state index in [1.165, 1.54) is 6.07 Å². The average molecular weight is 267 g/mol. The molecule has 1 aromatic heterocycles. The van der Waals surface area contributed by atoms with E-state index in [1.54, 1.807) is 12.1 Å². The molecule has 0 saturated heterocycles. The lowest BCUT2D eigenvalue weighted by Gasteiger charge is -2.09. The smallest absolute Gasteiger partial charge is 0.384 e. The number of nitrogens with zero attached hydrogens (tertiary/aromatic N) is 2. The van der Waals surface area contributed by atoms with Gasteiger partial charge >= 0.3 is 6.18 Å². The largest absolute Gasteiger partial charge is 0.451 e. The first kappa shape index (κ1) is 13.3. The molecule has 0 fully saturated rings. The zero-order valence-corrected chi connectivity index (χ0v) is 10.4. The molecule has 2 rings (SSSR count). The molecule has 0 spiro atoms. The molecule has 2 N–H and O–H groups in total. The molecular weight excluding hydrogens is 255 g/mol. The van der Waals surface area contributed by atoms with Crippen LogP contribution in [0.25, 0.3) is 11.3 Å². The van der Waals surface area contributed by atoms with E-state index < -0.39 is 12.0 Å². The lowest BCUT2D eigenvalue weighted by atomic mass is 10.0. The van der Waals surface area contributed by atoms with Crippen molar-refractivity contribution in [1.82, 2.24) is 9.97 Å². The molecule has 0 radical (unpaired) electrons. The fourth-order valence-corrected chi connectivity index (χ4v) is 1.86. The second-order valence-corrected chi connectivity index (χ2v) is 4.38. The predicted molar refractivity (Wildman–Crippen MR) is 66.4 cm³/mol. The van der Waals surface area contributed by atoms with Crippen molar-refractivity contribution in [3.05, 3.63) is 41.2 Å². The summed E-state index contributed by atoms with van der Waals surface area (Å²) in [5.41, 5.74) is 8.08. The zero-order valence-electron chi connectivity index (χ0n) is 10.4. The lowest BCUT2D eigenvalue weighted by Crippen LogP contribution is -2.13. The van der Waals surface area contributed by atoms with Gasteiger partial charge < -0.3 is 5.73 Å². The highest BCUT2D eigenvalue weighted by Crippen LogP contribution is 2.29. The maximum Gasteiger partial charge on any atom is 0.451 e. The Bertz CT molecular complexity index is 601. The first-order valence-electron chi connectivity index (χ1n) is 5.56. The Balaban J connectivity index is 2.59. The molecule has 1 heterocycles. The number of hydrogen-bond acceptors (Lipinski definition) is 3. The van der Waals surface area contributed by atoms with Crippen LogP contribution in [-0.4, -0.2) is 9.97 Å². The Hall–Kier alpha value is -2.11. The van der Waals surface area contributed by atoms with Crippen molar-refractivity contribution >= 4 is 5.82 Å². The number of nitrogen functional groups attached to an aromatic ring is 1. The van der Waals surface area contributed by atoms with Gasteiger partial charge in [0, 0.05) is 11.6 Å². The highest BCUT2D eigenvalue weighted by Gasteiger charge is 2.35. The van der Waals surface area contributed by atoms with E-state index in [2.05, 4.69) is 9.97 Å². The number of halogens is 3. The Kier molecular flexibility index (Phi) is 3.18. The summed E-state index contributed by atoms with van der Waals surface area (Å²) >= 11 is 0. The van der Waals surface area contributed by atoms with Gasteiger partial charge in [0.1, 0.15) is 5.82 Å². The zero-order chi connectivity index (χ0) is 14.2. The molecule has 0 aliphatic carbocycles. The van der Waals surface area contributed by atoms with E-state index in [9.17, 15) is 13.2 Å². The Morgan fingerprint density at radius 1 is 0.947 bits per heavy atom. The van der Waals surface area contributed by atoms with Crippen LogP contribution in [0, 0.1) is 13.8 Å². The van der Waals surface area contributed by atoms with E-state index in [0.29, 0.717) is 5.56 Å². The van der Waals surface area contributed by atoms with E-state index in [0.717, 1.165) is 11.1 Å². The summed E-state index contributed by atoms with van der Waals surface area (Å²) in [5, 5.41) is 0. The van der Waals surface area contributed by atoms with Crippen LogP contribution in [0.3, 0.4) is 0 Å². The second kappa shape index (κ2) is 4.53. The highest BCUT2D eigenvalue weighted by molar-refractivity contribution is 5.63. The third-order valence-electron chi connectivity index (χ3n) is 2.52. The topological polar surface area (TPSA) is 51.8 Å². The molecule has 2 aromatic rings. The van der Waals surface area contributed by atoms with Crippen molar-refractivity contribution in [2.45, 2.75) is 20.0 Å². The first-order valence-corrected chi connectivity index (χ1v) is 5.56. The highest BCUT2D eigenvalue weighted by atomic mass is 19.4. The average Bonchev–Trinajstić information content (AvgIpc) is 2.25. The molecule has 3 nitrogen and oxygen atoms in total. The maximum absolute atomic E-state index is 12.6. The van der Waals surface area contributed by atoms with Crippen LogP contribution in [0.2, 0.25) is 0 Å². The number of alkyl halides is 3. The monoisotopic (exact) mass is 267 g/mol. The Labute approximate surface area is 108 Å². The second-order valence-electron chi connectivity index (χ2n) is 4.38. The number of hydrogen-bond donors (Lipinski definition) is 1. The van der Waals surface area contributed by atoms with Crippen LogP contribution < -0.4 is 5.73 Å². The van der Waals surface area contributed by atoms with Crippen LogP contribution in [0.1, 0.15) is 17.0 Å². The van der Waals surface area contributed by atoms with Crippen LogP contribution >= 0.6 is 0 Å². The van der Waals surface area contributed by atoms with Crippen molar-refractivity contribution < 1.29 is 13.2 Å². The van der Waals surface area contributed by atoms with Crippen LogP contribution in [0.5, 0.6) is 0 Å². The molecule has 0 unspecified atom stereocenters. The Morgan fingerprint density at radius 2 is 1.53 bits per heavy atom. The molecule has 0 amide bonds. The summed E-state index contributed by atoms with van der Waals surface area (Å²) in [6.07, 6.45) is -4.61. The van der Waals surface area contributed by atoms with Gasteiger partial charge in [-0.3, -0.25) is 0 Å². The van der Waals surface area contributed by atoms with Crippen LogP contribution in [-0.2, 0) is 6.18 Å². The number of aryl methyl sites for hydroxylation is 2. The van der Waals surface area contributed by atoms with Gasteiger partial charge in [-0.2, -0.15) is 13.2 Å². The minimum absolute atomic E-state index is 0.173. The van der Waals surface area contributed by atoms with E-state index >= 15 is 0 Å². The minimum atomic E-state index is -4.61. The number of rotatable bonds is 1. The number of benzene rings is 1. The van der Waals surface area contributed by atoms with Gasteiger partial charge in [0.2, 0.25) is 5.82 Å². The summed E-state index contributed by atoms with van der Waals surface area (Å²) in [6.45, 7) is 3.73. The molecule has 6 heteroatoms. The minimum Gasteiger partial charge on any atom is -0.384 e. The predicted octanol–water partition coefficient (Wildman–Crippen LogP) is 3.36. The molecule has 0 saturated carbocycles. The summed E-state index contributed by atoms with van der Waals surface area (Å²) in [4.78, 5) is 6.76. The SMILES string of the molecule is Cc1cc(C)cc(-c2cc(N)nc(C(F)(F)F)n2)c1. The van der Waals surface area contributed by atoms with Crippen LogP contribution in [0.15, 0.2) is 24.3 Å². The van der Waals surface area contributed by atoms with Gasteiger partial charge in [0.05, 0.1) is 5.69 Å². The van der Waals surface area contributed by atoms with Crippen molar-refractivity contribution in [3.8, 4) is 11.3 Å². The summed E-state index contributed by atoms with van der Waals surface area (Å²) in [7, 11) is 0. The van der Waals surface area contributed by atoms with Gasteiger partial charge in [-0.25, -0.2) is 9.97 Å². The third kappa shape index (κ3) is 3.01. The molecule has 19 heavy (non-hydrogen) atoms. The van der Waals surface area contributed by atoms with Crippen molar-refractivity contribution in [1.29, 1.82) is 0 Å². The maximum atomic E-state index is 12.6. The molecule has 100 valence electrons. The molecule has 0 bridgehead atoms. The number of nitrogens with two attached hydrogens (primary N) is 1. The fourth-order valence-electron chi connectivity index (χ4n) is 1.86. The quantitative estimate of drug-likeness (QED) is 0.861. The van der Waals surface area contributed by atoms with Crippen molar-refractivity contribution in [2.24, 2.45) is 0 Å². The van der Waals surface area contributed by atoms with Crippen molar-refractivity contribution in [3.63, 3.8) is 0 Å². The normalized spacial score (nSPS) is 11.6. The molecule has 0 aliphatic heterocycles. The number of aromatic nitrogens is 2. The molecule has 1 aromatic carbocycles. The summed E-state index contributed by atoms with van der Waals surface area (Å²) in [5.74, 6) is -1.42. The standard InChI is InChI=1S/C13H12F3N3/c1-7-3-8(2)5-9(4-7)10-6-11(17)19-12(18-10)13(14,15)16/h3-6H,1-2H3,(H2,17,18,19). The number of anilines is 1. The van der Waals surface area contributed by atoms with Gasteiger partial charge in [-0.15, -0.1) is 0 Å². The molecular formula is C13H12F3N3. The van der Waals surface area contributed by atoms with E-state index in [-0.39, 0.29) is 11.5 Å². The van der Waals surface area contributed by atoms with Gasteiger partial charge in [-0.05, 0) is 26.0 Å². The summed E-state index contributed by atoms with van der Waals surface area (Å²) < 4.78 is 37.9. The van der Waals surface area contributed by atoms with E-state index in [4.69, 9.17) is 5.73 Å². The fraction of sp³-hybridized carbons (Fsp3) is 0.231.